The van der Waals surface area contributed by atoms with Crippen LogP contribution in [0.4, 0.5) is 0 Å². The average molecular weight is 403 g/mol. The molecule has 2 aromatic rings. The van der Waals surface area contributed by atoms with Gasteiger partial charge < -0.3 is 9.47 Å². The first-order chi connectivity index (χ1) is 13.6. The topological polar surface area (TPSA) is 67.9 Å². The van der Waals surface area contributed by atoms with Crippen molar-refractivity contribution in [2.45, 2.75) is 24.6 Å². The minimum atomic E-state index is -3.33. The molecule has 0 saturated carbocycles. The van der Waals surface area contributed by atoms with Crippen molar-refractivity contribution in [2.75, 3.05) is 32.8 Å². The number of rotatable bonds is 7. The summed E-state index contributed by atoms with van der Waals surface area (Å²) in [4.78, 5) is 2.34. The highest BCUT2D eigenvalue weighted by Gasteiger charge is 2.27. The monoisotopic (exact) mass is 402 g/mol. The maximum absolute atomic E-state index is 12.3. The quantitative estimate of drug-likeness (QED) is 0.771. The van der Waals surface area contributed by atoms with Crippen LogP contribution in [-0.4, -0.2) is 46.2 Å². The highest BCUT2D eigenvalue weighted by molar-refractivity contribution is 7.88. The zero-order chi connectivity index (χ0) is 19.4. The van der Waals surface area contributed by atoms with Crippen molar-refractivity contribution in [3.8, 4) is 11.5 Å². The molecule has 7 heteroatoms. The second kappa shape index (κ2) is 8.51. The van der Waals surface area contributed by atoms with E-state index in [4.69, 9.17) is 9.47 Å². The summed E-state index contributed by atoms with van der Waals surface area (Å²) in [5, 5.41) is 0. The van der Waals surface area contributed by atoms with Gasteiger partial charge in [0.25, 0.3) is 0 Å². The Hall–Kier alpha value is -2.09. The normalized spacial score (nSPS) is 19.6. The molecule has 0 bridgehead atoms. The van der Waals surface area contributed by atoms with Crippen molar-refractivity contribution in [1.82, 2.24) is 9.62 Å². The van der Waals surface area contributed by atoms with E-state index in [0.717, 1.165) is 36.4 Å². The molecule has 2 aliphatic heterocycles. The van der Waals surface area contributed by atoms with Crippen LogP contribution in [0.3, 0.4) is 0 Å². The van der Waals surface area contributed by atoms with Crippen molar-refractivity contribution < 1.29 is 17.9 Å². The van der Waals surface area contributed by atoms with E-state index >= 15 is 0 Å². The molecule has 6 nitrogen and oxygen atoms in total. The molecule has 2 heterocycles. The summed E-state index contributed by atoms with van der Waals surface area (Å²) in [6.07, 6.45) is 2.17. The number of likely N-dealkylation sites (tertiary alicyclic amines) is 1. The average Bonchev–Trinajstić information content (AvgIpc) is 3.16. The second-order valence-corrected chi connectivity index (χ2v) is 9.04. The van der Waals surface area contributed by atoms with E-state index in [1.165, 1.54) is 5.56 Å². The Labute approximate surface area is 166 Å². The van der Waals surface area contributed by atoms with E-state index in [2.05, 4.69) is 21.8 Å². The molecule has 0 spiro atoms. The van der Waals surface area contributed by atoms with E-state index in [1.807, 2.05) is 36.4 Å². The fourth-order valence-electron chi connectivity index (χ4n) is 3.93. The standard InChI is InChI=1S/C21H26N2O4S/c24-28(25,16-17-5-2-1-3-6-17)22-10-12-23-11-4-7-19(23)18-8-9-20-21(15-18)27-14-13-26-20/h1-3,5-6,8-9,15,19,22H,4,7,10-14,16H2. The number of fused-ring (bicyclic) bond motifs is 1. The second-order valence-electron chi connectivity index (χ2n) is 7.24. The van der Waals surface area contributed by atoms with Gasteiger partial charge in [-0.25, -0.2) is 13.1 Å². The Morgan fingerprint density at radius 1 is 1.04 bits per heavy atom. The number of hydrogen-bond donors (Lipinski definition) is 1. The number of hydrogen-bond acceptors (Lipinski definition) is 5. The van der Waals surface area contributed by atoms with Gasteiger partial charge >= 0.3 is 0 Å². The van der Waals surface area contributed by atoms with Crippen LogP contribution in [0.25, 0.3) is 0 Å². The minimum absolute atomic E-state index is 0.0133. The molecular formula is C21H26N2O4S. The lowest BCUT2D eigenvalue weighted by atomic mass is 10.0. The van der Waals surface area contributed by atoms with Crippen molar-refractivity contribution in [3.63, 3.8) is 0 Å². The van der Waals surface area contributed by atoms with Gasteiger partial charge in [0.15, 0.2) is 11.5 Å². The van der Waals surface area contributed by atoms with Gasteiger partial charge in [-0.05, 0) is 42.6 Å². The van der Waals surface area contributed by atoms with Crippen molar-refractivity contribution in [2.24, 2.45) is 0 Å². The van der Waals surface area contributed by atoms with Crippen LogP contribution in [0.15, 0.2) is 48.5 Å². The van der Waals surface area contributed by atoms with Crippen LogP contribution < -0.4 is 14.2 Å². The van der Waals surface area contributed by atoms with Crippen molar-refractivity contribution in [3.05, 3.63) is 59.7 Å². The maximum Gasteiger partial charge on any atom is 0.215 e. The molecule has 1 saturated heterocycles. The first-order valence-electron chi connectivity index (χ1n) is 9.76. The molecule has 28 heavy (non-hydrogen) atoms. The molecule has 150 valence electrons. The zero-order valence-corrected chi connectivity index (χ0v) is 16.7. The highest BCUT2D eigenvalue weighted by Crippen LogP contribution is 2.37. The number of nitrogens with one attached hydrogen (secondary N) is 1. The minimum Gasteiger partial charge on any atom is -0.486 e. The van der Waals surface area contributed by atoms with E-state index < -0.39 is 10.0 Å². The van der Waals surface area contributed by atoms with E-state index in [-0.39, 0.29) is 11.8 Å². The maximum atomic E-state index is 12.3. The van der Waals surface area contributed by atoms with Gasteiger partial charge in [-0.15, -0.1) is 0 Å². The van der Waals surface area contributed by atoms with Gasteiger partial charge in [0.1, 0.15) is 13.2 Å². The Morgan fingerprint density at radius 3 is 2.64 bits per heavy atom. The third kappa shape index (κ3) is 4.66. The first-order valence-corrected chi connectivity index (χ1v) is 11.4. The molecule has 1 unspecified atom stereocenters. The number of sulfonamides is 1. The smallest absolute Gasteiger partial charge is 0.215 e. The molecule has 0 aromatic heterocycles. The van der Waals surface area contributed by atoms with Crippen LogP contribution in [-0.2, 0) is 15.8 Å². The Bertz CT molecular complexity index is 902. The summed E-state index contributed by atoms with van der Waals surface area (Å²) in [5.41, 5.74) is 2.00. The van der Waals surface area contributed by atoms with Gasteiger partial charge in [-0.2, -0.15) is 0 Å². The van der Waals surface area contributed by atoms with Gasteiger partial charge in [0.2, 0.25) is 10.0 Å². The van der Waals surface area contributed by atoms with E-state index in [0.29, 0.717) is 26.3 Å². The molecule has 2 aliphatic rings. The fraction of sp³-hybridized carbons (Fsp3) is 0.429. The molecule has 1 N–H and O–H groups in total. The fourth-order valence-corrected chi connectivity index (χ4v) is 5.06. The predicted octanol–water partition coefficient (Wildman–Crippen LogP) is 2.71. The molecule has 2 aromatic carbocycles. The summed E-state index contributed by atoms with van der Waals surface area (Å²) in [7, 11) is -3.33. The van der Waals surface area contributed by atoms with Crippen LogP contribution in [0.1, 0.15) is 30.0 Å². The third-order valence-electron chi connectivity index (χ3n) is 5.24. The van der Waals surface area contributed by atoms with Gasteiger partial charge in [-0.1, -0.05) is 36.4 Å². The lowest BCUT2D eigenvalue weighted by Gasteiger charge is -2.26. The van der Waals surface area contributed by atoms with E-state index in [1.54, 1.807) is 0 Å². The lowest BCUT2D eigenvalue weighted by molar-refractivity contribution is 0.170. The molecule has 4 rings (SSSR count). The van der Waals surface area contributed by atoms with Gasteiger partial charge in [0, 0.05) is 19.1 Å². The molecule has 1 fully saturated rings. The van der Waals surface area contributed by atoms with Gasteiger partial charge in [-0.3, -0.25) is 4.90 Å². The molecule has 0 amide bonds. The summed E-state index contributed by atoms with van der Waals surface area (Å²) < 4.78 is 38.7. The molecule has 1 atom stereocenters. The Morgan fingerprint density at radius 2 is 1.82 bits per heavy atom. The number of benzene rings is 2. The zero-order valence-electron chi connectivity index (χ0n) is 15.8. The largest absolute Gasteiger partial charge is 0.486 e. The Kier molecular flexibility index (Phi) is 5.85. The third-order valence-corrected chi connectivity index (χ3v) is 6.59. The summed E-state index contributed by atoms with van der Waals surface area (Å²) in [6, 6.07) is 15.7. The molecular weight excluding hydrogens is 376 g/mol. The predicted molar refractivity (Wildman–Crippen MR) is 108 cm³/mol. The van der Waals surface area contributed by atoms with Crippen LogP contribution in [0, 0.1) is 0 Å². The van der Waals surface area contributed by atoms with Crippen LogP contribution >= 0.6 is 0 Å². The number of ether oxygens (including phenoxy) is 2. The molecule has 0 radical (unpaired) electrons. The van der Waals surface area contributed by atoms with Crippen LogP contribution in [0.5, 0.6) is 11.5 Å². The highest BCUT2D eigenvalue weighted by atomic mass is 32.2. The van der Waals surface area contributed by atoms with Crippen molar-refractivity contribution >= 4 is 10.0 Å². The SMILES string of the molecule is O=S(=O)(Cc1ccccc1)NCCN1CCCC1c1ccc2c(c1)OCCO2. The molecule has 0 aliphatic carbocycles. The summed E-state index contributed by atoms with van der Waals surface area (Å²) >= 11 is 0. The van der Waals surface area contributed by atoms with Crippen molar-refractivity contribution in [1.29, 1.82) is 0 Å². The summed E-state index contributed by atoms with van der Waals surface area (Å²) in [6.45, 7) is 3.24. The first kappa shape index (κ1) is 19.2. The van der Waals surface area contributed by atoms with E-state index in [9.17, 15) is 8.42 Å². The Balaban J connectivity index is 1.34. The lowest BCUT2D eigenvalue weighted by Crippen LogP contribution is -2.35. The number of nitrogens with zero attached hydrogens (tertiary/aromatic N) is 1. The summed E-state index contributed by atoms with van der Waals surface area (Å²) in [5.74, 6) is 1.62. The van der Waals surface area contributed by atoms with Gasteiger partial charge in [0.05, 0.1) is 5.75 Å². The van der Waals surface area contributed by atoms with Crippen LogP contribution in [0.2, 0.25) is 0 Å².